The lowest BCUT2D eigenvalue weighted by Crippen LogP contribution is -2.53. The Bertz CT molecular complexity index is 901. The zero-order valence-corrected chi connectivity index (χ0v) is 19.4. The molecule has 188 valence electrons. The van der Waals surface area contributed by atoms with Crippen LogP contribution in [0.1, 0.15) is 38.7 Å². The molecule has 3 aliphatic heterocycles. The molecule has 0 aromatic carbocycles. The van der Waals surface area contributed by atoms with E-state index in [1.54, 1.807) is 6.20 Å². The van der Waals surface area contributed by atoms with Gasteiger partial charge in [0, 0.05) is 63.0 Å². The summed E-state index contributed by atoms with van der Waals surface area (Å²) in [5.74, 6) is -2.26. The maximum atomic E-state index is 13.0. The molecular formula is C23H31F3N4O4. The fraction of sp³-hybridized carbons (Fsp3) is 0.652. The molecule has 34 heavy (non-hydrogen) atoms. The van der Waals surface area contributed by atoms with Gasteiger partial charge in [0.2, 0.25) is 11.8 Å². The van der Waals surface area contributed by atoms with Crippen LogP contribution in [0.15, 0.2) is 24.5 Å². The minimum Gasteiger partial charge on any atom is -0.475 e. The van der Waals surface area contributed by atoms with Gasteiger partial charge in [0.15, 0.2) is 0 Å². The molecule has 0 radical (unpaired) electrons. The molecule has 4 rings (SSSR count). The predicted octanol–water partition coefficient (Wildman–Crippen LogP) is 2.30. The predicted molar refractivity (Wildman–Crippen MR) is 116 cm³/mol. The molecule has 0 saturated carbocycles. The first-order chi connectivity index (χ1) is 15.9. The maximum Gasteiger partial charge on any atom is 0.490 e. The van der Waals surface area contributed by atoms with E-state index in [0.717, 1.165) is 58.5 Å². The van der Waals surface area contributed by atoms with Gasteiger partial charge in [-0.25, -0.2) is 4.79 Å². The summed E-state index contributed by atoms with van der Waals surface area (Å²) in [7, 11) is 0. The van der Waals surface area contributed by atoms with Gasteiger partial charge in [-0.05, 0) is 30.9 Å². The van der Waals surface area contributed by atoms with Crippen LogP contribution < -0.4 is 5.32 Å². The van der Waals surface area contributed by atoms with Gasteiger partial charge in [-0.3, -0.25) is 19.5 Å². The number of pyridine rings is 1. The number of aliphatic carboxylic acids is 1. The molecular weight excluding hydrogens is 453 g/mol. The Labute approximate surface area is 196 Å². The maximum absolute atomic E-state index is 13.0. The van der Waals surface area contributed by atoms with E-state index in [2.05, 4.69) is 21.3 Å². The summed E-state index contributed by atoms with van der Waals surface area (Å²) in [5.41, 5.74) is 0.863. The summed E-state index contributed by atoms with van der Waals surface area (Å²) in [6.07, 6.45) is 1.37. The number of likely N-dealkylation sites (tertiary alicyclic amines) is 2. The molecule has 3 saturated heterocycles. The number of piperidine rings is 1. The highest BCUT2D eigenvalue weighted by Crippen LogP contribution is 2.56. The van der Waals surface area contributed by atoms with Crippen molar-refractivity contribution in [2.75, 3.05) is 32.7 Å². The smallest absolute Gasteiger partial charge is 0.475 e. The minimum atomic E-state index is -5.08. The van der Waals surface area contributed by atoms with Crippen LogP contribution in [-0.2, 0) is 20.9 Å². The zero-order valence-electron chi connectivity index (χ0n) is 19.4. The molecule has 11 heteroatoms. The largest absolute Gasteiger partial charge is 0.490 e. The van der Waals surface area contributed by atoms with Crippen LogP contribution in [-0.4, -0.2) is 76.6 Å². The highest BCUT2D eigenvalue weighted by atomic mass is 19.4. The molecule has 1 aromatic heterocycles. The topological polar surface area (TPSA) is 103 Å². The number of aromatic nitrogens is 1. The monoisotopic (exact) mass is 484 g/mol. The second-order valence-corrected chi connectivity index (χ2v) is 9.66. The highest BCUT2D eigenvalue weighted by Gasteiger charge is 2.63. The lowest BCUT2D eigenvalue weighted by atomic mass is 9.60. The fourth-order valence-electron chi connectivity index (χ4n) is 5.53. The van der Waals surface area contributed by atoms with Crippen LogP contribution in [0, 0.1) is 16.7 Å². The second-order valence-electron chi connectivity index (χ2n) is 9.66. The number of amides is 2. The van der Waals surface area contributed by atoms with Crippen LogP contribution in [0.3, 0.4) is 0 Å². The van der Waals surface area contributed by atoms with E-state index in [0.29, 0.717) is 0 Å². The van der Waals surface area contributed by atoms with Crippen molar-refractivity contribution in [3.8, 4) is 0 Å². The molecule has 2 amide bonds. The van der Waals surface area contributed by atoms with Crippen molar-refractivity contribution in [3.63, 3.8) is 0 Å². The summed E-state index contributed by atoms with van der Waals surface area (Å²) < 4.78 is 31.7. The van der Waals surface area contributed by atoms with E-state index < -0.39 is 12.1 Å². The highest BCUT2D eigenvalue weighted by molar-refractivity contribution is 5.86. The minimum absolute atomic E-state index is 0.0243. The number of carboxylic acids is 1. The Morgan fingerprint density at radius 2 is 1.85 bits per heavy atom. The number of halogens is 3. The molecule has 2 N–H and O–H groups in total. The van der Waals surface area contributed by atoms with Crippen molar-refractivity contribution in [1.29, 1.82) is 0 Å². The van der Waals surface area contributed by atoms with Gasteiger partial charge >= 0.3 is 12.1 Å². The quantitative estimate of drug-likeness (QED) is 0.683. The van der Waals surface area contributed by atoms with Crippen LogP contribution >= 0.6 is 0 Å². The number of nitrogens with zero attached hydrogens (tertiary/aromatic N) is 3. The summed E-state index contributed by atoms with van der Waals surface area (Å²) in [6, 6.07) is 4.07. The Hall–Kier alpha value is -2.69. The van der Waals surface area contributed by atoms with Crippen molar-refractivity contribution in [1.82, 2.24) is 20.1 Å². The summed E-state index contributed by atoms with van der Waals surface area (Å²) in [5, 5.41) is 10.2. The number of rotatable bonds is 3. The molecule has 1 atom stereocenters. The first-order valence-corrected chi connectivity index (χ1v) is 11.4. The number of nitrogens with one attached hydrogen (secondary N) is 1. The molecule has 3 fully saturated rings. The van der Waals surface area contributed by atoms with Crippen molar-refractivity contribution in [2.45, 2.75) is 45.8 Å². The number of fused-ring (bicyclic) bond motifs is 1. The van der Waals surface area contributed by atoms with Crippen LogP contribution in [0.25, 0.3) is 0 Å². The number of alkyl halides is 3. The number of carbonyl (C=O) groups excluding carboxylic acids is 2. The average Bonchev–Trinajstić information content (AvgIpc) is 3.29. The molecule has 8 nitrogen and oxygen atoms in total. The van der Waals surface area contributed by atoms with E-state index in [1.165, 1.54) is 5.56 Å². The third-order valence-electron chi connectivity index (χ3n) is 7.20. The van der Waals surface area contributed by atoms with Gasteiger partial charge in [0.1, 0.15) is 0 Å². The Balaban J connectivity index is 0.000000406. The van der Waals surface area contributed by atoms with Crippen molar-refractivity contribution < 1.29 is 32.7 Å². The van der Waals surface area contributed by atoms with Gasteiger partial charge in [-0.15, -0.1) is 0 Å². The standard InChI is InChI=1S/C21H30N4O2.C2HF3O2/c1-16(2)18(26)25-10-6-20(7-11-25)14-24(13-17-4-3-8-22-12-17)15-21(20)5-9-23-19(21)27;3-2(4,5)1(6)7/h3-4,8,12,16H,5-7,9-11,13-15H2,1-2H3,(H,23,27);(H,6,7). The van der Waals surface area contributed by atoms with E-state index in [-0.39, 0.29) is 28.6 Å². The Morgan fingerprint density at radius 3 is 2.32 bits per heavy atom. The first-order valence-electron chi connectivity index (χ1n) is 11.4. The number of carbonyl (C=O) groups is 3. The summed E-state index contributed by atoms with van der Waals surface area (Å²) in [4.78, 5) is 42.9. The molecule has 2 spiro atoms. The van der Waals surface area contributed by atoms with Gasteiger partial charge in [0.25, 0.3) is 0 Å². The van der Waals surface area contributed by atoms with Gasteiger partial charge in [0.05, 0.1) is 5.41 Å². The van der Waals surface area contributed by atoms with Gasteiger partial charge in [-0.1, -0.05) is 19.9 Å². The van der Waals surface area contributed by atoms with Crippen molar-refractivity contribution in [2.24, 2.45) is 16.7 Å². The summed E-state index contributed by atoms with van der Waals surface area (Å²) in [6.45, 7) is 8.81. The van der Waals surface area contributed by atoms with Crippen molar-refractivity contribution in [3.05, 3.63) is 30.1 Å². The average molecular weight is 485 g/mol. The van der Waals surface area contributed by atoms with E-state index in [9.17, 15) is 22.8 Å². The molecule has 3 aliphatic rings. The van der Waals surface area contributed by atoms with E-state index >= 15 is 0 Å². The molecule has 0 bridgehead atoms. The zero-order chi connectivity index (χ0) is 25.1. The van der Waals surface area contributed by atoms with Gasteiger partial charge in [-0.2, -0.15) is 13.2 Å². The third-order valence-corrected chi connectivity index (χ3v) is 7.20. The molecule has 0 aliphatic carbocycles. The fourth-order valence-corrected chi connectivity index (χ4v) is 5.53. The van der Waals surface area contributed by atoms with Gasteiger partial charge < -0.3 is 15.3 Å². The second kappa shape index (κ2) is 9.89. The Kier molecular flexibility index (Phi) is 7.54. The third kappa shape index (κ3) is 5.18. The first kappa shape index (κ1) is 25.9. The van der Waals surface area contributed by atoms with Crippen LogP contribution in [0.2, 0.25) is 0 Å². The van der Waals surface area contributed by atoms with Crippen molar-refractivity contribution >= 4 is 17.8 Å². The molecule has 1 unspecified atom stereocenters. The van der Waals surface area contributed by atoms with E-state index in [1.807, 2.05) is 31.0 Å². The van der Waals surface area contributed by atoms with Crippen LogP contribution in [0.4, 0.5) is 13.2 Å². The lowest BCUT2D eigenvalue weighted by molar-refractivity contribution is -0.192. The molecule has 1 aromatic rings. The number of hydrogen-bond donors (Lipinski definition) is 2. The SMILES string of the molecule is CC(C)C(=O)N1CCC2(CC1)CN(Cc1cccnc1)CC21CCNC1=O.O=C(O)C(F)(F)F. The van der Waals surface area contributed by atoms with E-state index in [4.69, 9.17) is 9.90 Å². The summed E-state index contributed by atoms with van der Waals surface area (Å²) >= 11 is 0. The normalized spacial score (nSPS) is 24.3. The van der Waals surface area contributed by atoms with Crippen LogP contribution in [0.5, 0.6) is 0 Å². The lowest BCUT2D eigenvalue weighted by Gasteiger charge is -2.47. The Morgan fingerprint density at radius 1 is 1.21 bits per heavy atom. The molecule has 4 heterocycles. The number of hydrogen-bond acceptors (Lipinski definition) is 5. The number of carboxylic acid groups (broad SMARTS) is 1.